The largest absolute Gasteiger partial charge is 0.483 e. The number of halogens is 2. The van der Waals surface area contributed by atoms with Gasteiger partial charge in [-0.2, -0.15) is 5.10 Å². The molecule has 3 aromatic rings. The molecule has 7 heteroatoms. The fraction of sp³-hybridized carbons (Fsp3) is 0.200. The van der Waals surface area contributed by atoms with Gasteiger partial charge in [-0.25, -0.2) is 9.07 Å². The first-order chi connectivity index (χ1) is 13.0. The molecule has 1 amide bonds. The highest BCUT2D eigenvalue weighted by atomic mass is 79.9. The smallest absolute Gasteiger partial charge is 0.263 e. The Hall–Kier alpha value is -2.67. The lowest BCUT2D eigenvalue weighted by molar-refractivity contribution is -0.118. The first-order valence-electron chi connectivity index (χ1n) is 8.52. The molecule has 0 atom stereocenters. The summed E-state index contributed by atoms with van der Waals surface area (Å²) in [5.74, 6) is 0.279. The topological polar surface area (TPSA) is 56.2 Å². The number of anilines is 1. The van der Waals surface area contributed by atoms with Crippen LogP contribution in [-0.4, -0.2) is 22.3 Å². The van der Waals surface area contributed by atoms with Gasteiger partial charge in [-0.15, -0.1) is 0 Å². The molecule has 1 N–H and O–H groups in total. The first kappa shape index (κ1) is 19.1. The van der Waals surface area contributed by atoms with E-state index in [0.29, 0.717) is 22.6 Å². The Morgan fingerprint density at radius 3 is 2.63 bits per heavy atom. The SMILES string of the molecule is CCc1ccc(Cn2nccc2NC(=O)COc2ccc(F)cc2Br)cc1. The Morgan fingerprint density at radius 2 is 1.93 bits per heavy atom. The molecule has 0 unspecified atom stereocenters. The quantitative estimate of drug-likeness (QED) is 0.602. The lowest BCUT2D eigenvalue weighted by Gasteiger charge is -2.11. The number of hydrogen-bond acceptors (Lipinski definition) is 3. The lowest BCUT2D eigenvalue weighted by Crippen LogP contribution is -2.22. The van der Waals surface area contributed by atoms with Gasteiger partial charge >= 0.3 is 0 Å². The van der Waals surface area contributed by atoms with Crippen LogP contribution < -0.4 is 10.1 Å². The van der Waals surface area contributed by atoms with Crippen molar-refractivity contribution in [3.63, 3.8) is 0 Å². The molecule has 0 saturated carbocycles. The minimum atomic E-state index is -0.380. The Labute approximate surface area is 165 Å². The van der Waals surface area contributed by atoms with Gasteiger partial charge in [0.05, 0.1) is 17.2 Å². The molecule has 0 saturated heterocycles. The number of aromatic nitrogens is 2. The van der Waals surface area contributed by atoms with E-state index in [1.54, 1.807) is 16.9 Å². The van der Waals surface area contributed by atoms with Crippen molar-refractivity contribution in [3.8, 4) is 5.75 Å². The van der Waals surface area contributed by atoms with E-state index in [-0.39, 0.29) is 18.3 Å². The van der Waals surface area contributed by atoms with Crippen LogP contribution in [0.25, 0.3) is 0 Å². The lowest BCUT2D eigenvalue weighted by atomic mass is 10.1. The van der Waals surface area contributed by atoms with Crippen LogP contribution >= 0.6 is 15.9 Å². The van der Waals surface area contributed by atoms with Gasteiger partial charge in [0.15, 0.2) is 6.61 Å². The average molecular weight is 432 g/mol. The Morgan fingerprint density at radius 1 is 1.19 bits per heavy atom. The maximum Gasteiger partial charge on any atom is 0.263 e. The molecule has 0 aliphatic rings. The highest BCUT2D eigenvalue weighted by Crippen LogP contribution is 2.25. The third-order valence-corrected chi connectivity index (χ3v) is 4.62. The zero-order valence-electron chi connectivity index (χ0n) is 14.8. The molecule has 3 rings (SSSR count). The summed E-state index contributed by atoms with van der Waals surface area (Å²) in [5, 5.41) is 7.04. The molecule has 0 aliphatic heterocycles. The predicted octanol–water partition coefficient (Wildman–Crippen LogP) is 4.41. The summed E-state index contributed by atoms with van der Waals surface area (Å²) in [6.45, 7) is 2.47. The van der Waals surface area contributed by atoms with Crippen LogP contribution in [0.2, 0.25) is 0 Å². The minimum absolute atomic E-state index is 0.194. The summed E-state index contributed by atoms with van der Waals surface area (Å²) >= 11 is 3.21. The van der Waals surface area contributed by atoms with Crippen molar-refractivity contribution in [1.82, 2.24) is 9.78 Å². The van der Waals surface area contributed by atoms with E-state index >= 15 is 0 Å². The van der Waals surface area contributed by atoms with Crippen molar-refractivity contribution in [2.75, 3.05) is 11.9 Å². The average Bonchev–Trinajstić information content (AvgIpc) is 3.08. The standard InChI is InChI=1S/C20H19BrFN3O2/c1-2-14-3-5-15(6-4-14)12-25-19(9-10-23-25)24-20(26)13-27-18-8-7-16(22)11-17(18)21/h3-11H,2,12-13H2,1H3,(H,24,26). The van der Waals surface area contributed by atoms with Crippen LogP contribution in [0.15, 0.2) is 59.2 Å². The molecule has 0 spiro atoms. The van der Waals surface area contributed by atoms with Crippen molar-refractivity contribution < 1.29 is 13.9 Å². The van der Waals surface area contributed by atoms with E-state index in [0.717, 1.165) is 12.0 Å². The van der Waals surface area contributed by atoms with E-state index in [4.69, 9.17) is 4.74 Å². The maximum atomic E-state index is 13.1. The molecule has 0 fully saturated rings. The van der Waals surface area contributed by atoms with E-state index in [9.17, 15) is 9.18 Å². The number of carbonyl (C=O) groups excluding carboxylic acids is 1. The van der Waals surface area contributed by atoms with Crippen molar-refractivity contribution in [2.24, 2.45) is 0 Å². The normalized spacial score (nSPS) is 10.6. The summed E-state index contributed by atoms with van der Waals surface area (Å²) in [7, 11) is 0. The van der Waals surface area contributed by atoms with Crippen molar-refractivity contribution in [3.05, 3.63) is 76.1 Å². The monoisotopic (exact) mass is 431 g/mol. The van der Waals surface area contributed by atoms with Gasteiger partial charge in [0.2, 0.25) is 0 Å². The Balaban J connectivity index is 1.59. The van der Waals surface area contributed by atoms with Gasteiger partial charge in [-0.05, 0) is 51.7 Å². The van der Waals surface area contributed by atoms with E-state index in [1.165, 1.54) is 23.8 Å². The zero-order valence-corrected chi connectivity index (χ0v) is 16.4. The number of benzene rings is 2. The van der Waals surface area contributed by atoms with Crippen LogP contribution in [-0.2, 0) is 17.8 Å². The number of nitrogens with zero attached hydrogens (tertiary/aromatic N) is 2. The van der Waals surface area contributed by atoms with Gasteiger partial charge in [-0.3, -0.25) is 4.79 Å². The molecule has 5 nitrogen and oxygen atoms in total. The molecule has 140 valence electrons. The minimum Gasteiger partial charge on any atom is -0.483 e. The summed E-state index contributed by atoms with van der Waals surface area (Å²) in [5.41, 5.74) is 2.37. The fourth-order valence-electron chi connectivity index (χ4n) is 2.53. The van der Waals surface area contributed by atoms with Crippen LogP contribution in [0.3, 0.4) is 0 Å². The molecular weight excluding hydrogens is 413 g/mol. The number of ether oxygens (including phenoxy) is 1. The second-order valence-electron chi connectivity index (χ2n) is 5.96. The van der Waals surface area contributed by atoms with Crippen molar-refractivity contribution in [1.29, 1.82) is 0 Å². The Kier molecular flexibility index (Phi) is 6.24. The number of aryl methyl sites for hydroxylation is 1. The first-order valence-corrected chi connectivity index (χ1v) is 9.32. The van der Waals surface area contributed by atoms with Gasteiger partial charge < -0.3 is 10.1 Å². The number of hydrogen-bond donors (Lipinski definition) is 1. The second kappa shape index (κ2) is 8.81. The summed E-state index contributed by atoms with van der Waals surface area (Å²) in [6, 6.07) is 14.0. The molecule has 0 aliphatic carbocycles. The molecular formula is C20H19BrFN3O2. The van der Waals surface area contributed by atoms with Gasteiger partial charge in [0.25, 0.3) is 5.91 Å². The van der Waals surface area contributed by atoms with Crippen LogP contribution in [0.5, 0.6) is 5.75 Å². The molecule has 0 radical (unpaired) electrons. The van der Waals surface area contributed by atoms with E-state index < -0.39 is 0 Å². The summed E-state index contributed by atoms with van der Waals surface area (Å²) in [4.78, 5) is 12.2. The second-order valence-corrected chi connectivity index (χ2v) is 6.81. The number of amides is 1. The van der Waals surface area contributed by atoms with Gasteiger partial charge in [0.1, 0.15) is 17.4 Å². The van der Waals surface area contributed by atoms with Crippen LogP contribution in [0.4, 0.5) is 10.2 Å². The fourth-order valence-corrected chi connectivity index (χ4v) is 3.00. The maximum absolute atomic E-state index is 13.1. The number of carbonyl (C=O) groups is 1. The van der Waals surface area contributed by atoms with Crippen LogP contribution in [0, 0.1) is 5.82 Å². The molecule has 2 aromatic carbocycles. The van der Waals surface area contributed by atoms with Gasteiger partial charge in [-0.1, -0.05) is 31.2 Å². The molecule has 1 aromatic heterocycles. The van der Waals surface area contributed by atoms with Crippen molar-refractivity contribution in [2.45, 2.75) is 19.9 Å². The molecule has 1 heterocycles. The zero-order chi connectivity index (χ0) is 19.2. The van der Waals surface area contributed by atoms with E-state index in [1.807, 2.05) is 0 Å². The summed E-state index contributed by atoms with van der Waals surface area (Å²) < 4.78 is 20.7. The van der Waals surface area contributed by atoms with Gasteiger partial charge in [0, 0.05) is 6.07 Å². The molecule has 0 bridgehead atoms. The third-order valence-electron chi connectivity index (χ3n) is 4.00. The highest BCUT2D eigenvalue weighted by molar-refractivity contribution is 9.10. The van der Waals surface area contributed by atoms with Crippen molar-refractivity contribution >= 4 is 27.7 Å². The summed E-state index contributed by atoms with van der Waals surface area (Å²) in [6.07, 6.45) is 2.63. The van der Waals surface area contributed by atoms with E-state index in [2.05, 4.69) is 57.5 Å². The number of rotatable bonds is 7. The highest BCUT2D eigenvalue weighted by Gasteiger charge is 2.10. The predicted molar refractivity (Wildman–Crippen MR) is 105 cm³/mol. The Bertz CT molecular complexity index is 925. The number of nitrogens with one attached hydrogen (secondary N) is 1. The molecule has 27 heavy (non-hydrogen) atoms. The van der Waals surface area contributed by atoms with Crippen LogP contribution in [0.1, 0.15) is 18.1 Å². The third kappa shape index (κ3) is 5.17.